The van der Waals surface area contributed by atoms with Crippen molar-refractivity contribution in [3.8, 4) is 11.5 Å². The van der Waals surface area contributed by atoms with Gasteiger partial charge in [0.05, 0.1) is 20.2 Å². The lowest BCUT2D eigenvalue weighted by Crippen LogP contribution is -2.50. The number of carbonyl (C=O) groups is 1. The molecule has 2 rings (SSSR count). The van der Waals surface area contributed by atoms with Crippen molar-refractivity contribution in [3.63, 3.8) is 0 Å². The van der Waals surface area contributed by atoms with Crippen LogP contribution in [0.15, 0.2) is 29.3 Å². The normalized spacial score (nSPS) is 16.8. The number of nitrogens with one attached hydrogen (secondary N) is 3. The molecule has 0 bridgehead atoms. The summed E-state index contributed by atoms with van der Waals surface area (Å²) in [6.07, 6.45) is 1.87. The Balaban J connectivity index is 1.84. The molecule has 1 atom stereocenters. The van der Waals surface area contributed by atoms with E-state index in [1.165, 1.54) is 0 Å². The quantitative estimate of drug-likeness (QED) is 0.423. The number of carbonyl (C=O) groups excluding carboxylic acids is 1. The average Bonchev–Trinajstić information content (AvgIpc) is 2.74. The highest BCUT2D eigenvalue weighted by Gasteiger charge is 2.21. The van der Waals surface area contributed by atoms with Crippen LogP contribution in [0.4, 0.5) is 0 Å². The fourth-order valence-corrected chi connectivity index (χ4v) is 3.22. The van der Waals surface area contributed by atoms with Crippen molar-refractivity contribution in [1.29, 1.82) is 0 Å². The first-order valence-electron chi connectivity index (χ1n) is 10.3. The Morgan fingerprint density at radius 3 is 2.59 bits per heavy atom. The van der Waals surface area contributed by atoms with Gasteiger partial charge in [-0.3, -0.25) is 9.69 Å². The number of nitrogens with zero attached hydrogens (tertiary/aromatic N) is 2. The zero-order valence-electron chi connectivity index (χ0n) is 18.0. The van der Waals surface area contributed by atoms with Crippen LogP contribution in [-0.4, -0.2) is 75.8 Å². The second-order valence-corrected chi connectivity index (χ2v) is 7.17. The van der Waals surface area contributed by atoms with Gasteiger partial charge in [0.1, 0.15) is 6.10 Å². The summed E-state index contributed by atoms with van der Waals surface area (Å²) < 4.78 is 11.3. The molecule has 29 heavy (non-hydrogen) atoms. The van der Waals surface area contributed by atoms with Gasteiger partial charge in [0.25, 0.3) is 0 Å². The van der Waals surface area contributed by atoms with E-state index in [0.717, 1.165) is 49.9 Å². The number of likely N-dealkylation sites (N-methyl/N-ethyl adjacent to an activating group) is 1. The van der Waals surface area contributed by atoms with Crippen molar-refractivity contribution in [3.05, 3.63) is 24.3 Å². The lowest BCUT2D eigenvalue weighted by atomic mass is 10.1. The highest BCUT2D eigenvalue weighted by Crippen LogP contribution is 2.26. The van der Waals surface area contributed by atoms with Gasteiger partial charge in [-0.05, 0) is 38.8 Å². The van der Waals surface area contributed by atoms with E-state index in [-0.39, 0.29) is 12.0 Å². The fourth-order valence-electron chi connectivity index (χ4n) is 3.22. The van der Waals surface area contributed by atoms with Crippen LogP contribution in [0.25, 0.3) is 0 Å². The first kappa shape index (κ1) is 22.8. The molecule has 8 heteroatoms. The molecule has 1 fully saturated rings. The Kier molecular flexibility index (Phi) is 9.56. The first-order valence-corrected chi connectivity index (χ1v) is 10.3. The van der Waals surface area contributed by atoms with E-state index in [1.807, 2.05) is 31.2 Å². The number of para-hydroxylation sites is 2. The predicted octanol–water partition coefficient (Wildman–Crippen LogP) is 1.23. The smallest absolute Gasteiger partial charge is 0.233 e. The topological polar surface area (TPSA) is 87.2 Å². The number of amides is 1. The summed E-state index contributed by atoms with van der Waals surface area (Å²) in [5.41, 5.74) is 0. The van der Waals surface area contributed by atoms with Crippen molar-refractivity contribution in [2.45, 2.75) is 38.8 Å². The van der Waals surface area contributed by atoms with E-state index < -0.39 is 0 Å². The maximum absolute atomic E-state index is 11.5. The minimum Gasteiger partial charge on any atom is -0.493 e. The number of piperidine rings is 1. The van der Waals surface area contributed by atoms with Gasteiger partial charge in [-0.15, -0.1) is 0 Å². The zero-order chi connectivity index (χ0) is 21.1. The number of aliphatic imine (C=N–C) groups is 1. The maximum Gasteiger partial charge on any atom is 0.233 e. The molecule has 1 heterocycles. The molecule has 0 aromatic heterocycles. The lowest BCUT2D eigenvalue weighted by Gasteiger charge is -2.32. The molecule has 1 saturated heterocycles. The maximum atomic E-state index is 11.5. The van der Waals surface area contributed by atoms with Crippen molar-refractivity contribution >= 4 is 11.9 Å². The van der Waals surface area contributed by atoms with Gasteiger partial charge in [-0.1, -0.05) is 12.1 Å². The summed E-state index contributed by atoms with van der Waals surface area (Å²) in [7, 11) is 3.31. The number of hydrogen-bond acceptors (Lipinski definition) is 5. The summed E-state index contributed by atoms with van der Waals surface area (Å²) in [6.45, 7) is 7.64. The van der Waals surface area contributed by atoms with Gasteiger partial charge in [-0.2, -0.15) is 0 Å². The molecule has 8 nitrogen and oxygen atoms in total. The summed E-state index contributed by atoms with van der Waals surface area (Å²) in [6, 6.07) is 7.97. The van der Waals surface area contributed by atoms with Gasteiger partial charge in [0.2, 0.25) is 5.91 Å². The third kappa shape index (κ3) is 7.81. The van der Waals surface area contributed by atoms with Gasteiger partial charge in [0, 0.05) is 32.7 Å². The van der Waals surface area contributed by atoms with Gasteiger partial charge in [-0.25, -0.2) is 4.99 Å². The van der Waals surface area contributed by atoms with Crippen molar-refractivity contribution < 1.29 is 14.3 Å². The van der Waals surface area contributed by atoms with Crippen LogP contribution in [0.5, 0.6) is 11.5 Å². The molecule has 1 aliphatic heterocycles. The molecule has 3 N–H and O–H groups in total. The van der Waals surface area contributed by atoms with Crippen LogP contribution >= 0.6 is 0 Å². The molecule has 1 aliphatic rings. The molecule has 1 unspecified atom stereocenters. The van der Waals surface area contributed by atoms with E-state index in [2.05, 4.69) is 27.8 Å². The minimum absolute atomic E-state index is 0.0651. The van der Waals surface area contributed by atoms with Crippen LogP contribution in [0.3, 0.4) is 0 Å². The average molecular weight is 406 g/mol. The Labute approximate surface area is 174 Å². The molecule has 162 valence electrons. The Morgan fingerprint density at radius 1 is 1.28 bits per heavy atom. The number of guanidine groups is 1. The van der Waals surface area contributed by atoms with Crippen LogP contribution in [-0.2, 0) is 4.79 Å². The van der Waals surface area contributed by atoms with E-state index in [0.29, 0.717) is 19.1 Å². The van der Waals surface area contributed by atoms with Crippen molar-refractivity contribution in [1.82, 2.24) is 20.9 Å². The molecular formula is C21H35N5O3. The van der Waals surface area contributed by atoms with Crippen molar-refractivity contribution in [2.75, 3.05) is 46.9 Å². The molecular weight excluding hydrogens is 370 g/mol. The monoisotopic (exact) mass is 405 g/mol. The van der Waals surface area contributed by atoms with E-state index in [9.17, 15) is 4.79 Å². The largest absolute Gasteiger partial charge is 0.493 e. The molecule has 0 spiro atoms. The van der Waals surface area contributed by atoms with Gasteiger partial charge in [0.15, 0.2) is 17.5 Å². The van der Waals surface area contributed by atoms with Gasteiger partial charge < -0.3 is 25.4 Å². The third-order valence-corrected chi connectivity index (χ3v) is 4.82. The Bertz CT molecular complexity index is 659. The molecule has 1 amide bonds. The molecule has 0 saturated carbocycles. The number of rotatable bonds is 9. The number of ether oxygens (including phenoxy) is 2. The van der Waals surface area contributed by atoms with E-state index >= 15 is 0 Å². The second kappa shape index (κ2) is 12.2. The Hall–Kier alpha value is -2.48. The summed E-state index contributed by atoms with van der Waals surface area (Å²) in [5, 5.41) is 9.50. The van der Waals surface area contributed by atoms with E-state index in [4.69, 9.17) is 14.5 Å². The van der Waals surface area contributed by atoms with Crippen LogP contribution in [0, 0.1) is 0 Å². The SMILES string of the molecule is CCNC(=NCC(C)Oc1ccccc1OC)NC1CCN(CC(=O)NC)CC1. The predicted molar refractivity (Wildman–Crippen MR) is 116 cm³/mol. The fraction of sp³-hybridized carbons (Fsp3) is 0.619. The molecule has 1 aromatic carbocycles. The summed E-state index contributed by atoms with van der Waals surface area (Å²) in [4.78, 5) is 18.4. The summed E-state index contributed by atoms with van der Waals surface area (Å²) >= 11 is 0. The molecule has 0 aliphatic carbocycles. The van der Waals surface area contributed by atoms with Gasteiger partial charge >= 0.3 is 0 Å². The Morgan fingerprint density at radius 2 is 1.97 bits per heavy atom. The lowest BCUT2D eigenvalue weighted by molar-refractivity contribution is -0.122. The third-order valence-electron chi connectivity index (χ3n) is 4.82. The highest BCUT2D eigenvalue weighted by molar-refractivity contribution is 5.80. The standard InChI is InChI=1S/C21H35N5O3/c1-5-23-21(25-17-10-12-26(13-11-17)15-20(27)22-3)24-14-16(2)29-19-9-7-6-8-18(19)28-4/h6-9,16-17H,5,10-15H2,1-4H3,(H,22,27)(H2,23,24,25). The summed E-state index contributed by atoms with van der Waals surface area (Å²) in [5.74, 6) is 2.30. The van der Waals surface area contributed by atoms with Crippen LogP contribution in [0.2, 0.25) is 0 Å². The molecule has 1 aromatic rings. The zero-order valence-corrected chi connectivity index (χ0v) is 18.0. The van der Waals surface area contributed by atoms with Crippen molar-refractivity contribution in [2.24, 2.45) is 4.99 Å². The second-order valence-electron chi connectivity index (χ2n) is 7.17. The minimum atomic E-state index is -0.0869. The number of likely N-dealkylation sites (tertiary alicyclic amines) is 1. The molecule has 0 radical (unpaired) electrons. The number of hydrogen-bond donors (Lipinski definition) is 3. The van der Waals surface area contributed by atoms with Crippen LogP contribution in [0.1, 0.15) is 26.7 Å². The first-order chi connectivity index (χ1) is 14.0. The van der Waals surface area contributed by atoms with E-state index in [1.54, 1.807) is 14.2 Å². The van der Waals surface area contributed by atoms with Crippen LogP contribution < -0.4 is 25.4 Å². The number of benzene rings is 1. The number of methoxy groups -OCH3 is 1. The highest BCUT2D eigenvalue weighted by atomic mass is 16.5.